The molecule has 2 heterocycles. The number of hydrogen-bond acceptors (Lipinski definition) is 11. The van der Waals surface area contributed by atoms with Gasteiger partial charge in [0.2, 0.25) is 6.29 Å². The Hall–Kier alpha value is -5.11. The molecular formula is C33H34N2O11. The van der Waals surface area contributed by atoms with Crippen LogP contribution in [0.3, 0.4) is 0 Å². The van der Waals surface area contributed by atoms with Crippen molar-refractivity contribution in [2.24, 2.45) is 5.73 Å². The summed E-state index contributed by atoms with van der Waals surface area (Å²) >= 11 is 0. The van der Waals surface area contributed by atoms with Crippen LogP contribution in [0.4, 0.5) is 10.5 Å². The van der Waals surface area contributed by atoms with Crippen LogP contribution in [-0.2, 0) is 14.2 Å². The zero-order chi connectivity index (χ0) is 33.3. The molecule has 0 radical (unpaired) electrons. The predicted molar refractivity (Wildman–Crippen MR) is 165 cm³/mol. The number of methoxy groups -OCH3 is 1. The highest BCUT2D eigenvalue weighted by Gasteiger charge is 2.53. The number of aliphatic hydroxyl groups is 1. The fraction of sp³-hybridized carbons (Fsp3) is 0.303. The van der Waals surface area contributed by atoms with Crippen molar-refractivity contribution in [2.45, 2.75) is 57.9 Å². The number of rotatable bonds is 8. The molecule has 2 amide bonds. The Morgan fingerprint density at radius 1 is 1.02 bits per heavy atom. The van der Waals surface area contributed by atoms with Crippen LogP contribution in [0.1, 0.15) is 35.3 Å². The largest absolute Gasteiger partial charge is 0.505 e. The van der Waals surface area contributed by atoms with E-state index in [0.29, 0.717) is 11.5 Å². The van der Waals surface area contributed by atoms with Crippen molar-refractivity contribution < 1.29 is 47.9 Å². The van der Waals surface area contributed by atoms with Crippen LogP contribution in [-0.4, -0.2) is 59.5 Å². The minimum absolute atomic E-state index is 0.0317. The summed E-state index contributed by atoms with van der Waals surface area (Å²) in [6, 6.07) is 16.6. The van der Waals surface area contributed by atoms with Crippen LogP contribution < -0.4 is 26.1 Å². The molecule has 5 rings (SSSR count). The number of fused-ring (bicyclic) bond motifs is 1. The van der Waals surface area contributed by atoms with Crippen LogP contribution in [0.15, 0.2) is 69.9 Å². The van der Waals surface area contributed by atoms with E-state index in [-0.39, 0.29) is 27.8 Å². The van der Waals surface area contributed by atoms with Gasteiger partial charge in [-0.3, -0.25) is 4.79 Å². The molecule has 1 aliphatic heterocycles. The number of nitrogens with one attached hydrogen (secondary N) is 1. The maximum atomic E-state index is 13.1. The van der Waals surface area contributed by atoms with Gasteiger partial charge in [0.15, 0.2) is 23.6 Å². The number of primary amides is 1. The molecule has 0 spiro atoms. The molecule has 1 aliphatic rings. The Balaban J connectivity index is 1.39. The number of carbonyl (C=O) groups excluding carboxylic acids is 2. The molecule has 1 fully saturated rings. The molecule has 0 saturated carbocycles. The standard InChI is InChI=1S/C33H34N2O11/c1-16-9-11-19(12-10-16)42-20-8-6-7-18(15-20)29(38)35-23-24(36)21-13-14-22(17(2)26(21)44-30(23)39)43-31-25(37)27(45-32(34)40)28(41-5)33(3,4)46-31/h6-15,25,27-28,31,36-37H,1-5H3,(H2,34,40)(H,35,38)/t25-,27+,28-,31-/m1/s1. The number of aryl methyl sites for hydroxylation is 2. The predicted octanol–water partition coefficient (Wildman–Crippen LogP) is 4.51. The third kappa shape index (κ3) is 6.47. The molecule has 1 aromatic heterocycles. The van der Waals surface area contributed by atoms with Gasteiger partial charge in [-0.15, -0.1) is 0 Å². The fourth-order valence-electron chi connectivity index (χ4n) is 5.30. The minimum Gasteiger partial charge on any atom is -0.505 e. The summed E-state index contributed by atoms with van der Waals surface area (Å²) < 4.78 is 33.8. The first kappa shape index (κ1) is 32.3. The van der Waals surface area contributed by atoms with Gasteiger partial charge >= 0.3 is 11.7 Å². The fourth-order valence-corrected chi connectivity index (χ4v) is 5.30. The van der Waals surface area contributed by atoms with E-state index < -0.39 is 59.3 Å². The van der Waals surface area contributed by atoms with Crippen molar-refractivity contribution in [3.05, 3.63) is 87.8 Å². The van der Waals surface area contributed by atoms with Gasteiger partial charge in [-0.2, -0.15) is 0 Å². The van der Waals surface area contributed by atoms with E-state index >= 15 is 0 Å². The van der Waals surface area contributed by atoms with Crippen LogP contribution in [0.2, 0.25) is 0 Å². The van der Waals surface area contributed by atoms with E-state index in [0.717, 1.165) is 5.56 Å². The Morgan fingerprint density at radius 2 is 1.74 bits per heavy atom. The normalized spacial score (nSPS) is 20.6. The number of anilines is 1. The lowest BCUT2D eigenvalue weighted by Crippen LogP contribution is -2.65. The molecule has 4 aromatic rings. The number of aliphatic hydroxyl groups excluding tert-OH is 1. The SMILES string of the molecule is CO[C@@H]1[C@@H](OC(N)=O)[C@@H](O)[C@H](Oc2ccc3c(O)c(NC(=O)c4cccc(Oc5ccc(C)cc5)c4)c(=O)oc3c2C)OC1(C)C. The third-order valence-electron chi connectivity index (χ3n) is 7.61. The monoisotopic (exact) mass is 634 g/mol. The van der Waals surface area contributed by atoms with Gasteiger partial charge in [-0.05, 0) is 70.2 Å². The molecule has 1 saturated heterocycles. The van der Waals surface area contributed by atoms with Crippen LogP contribution in [0.25, 0.3) is 11.0 Å². The van der Waals surface area contributed by atoms with Crippen molar-refractivity contribution in [2.75, 3.05) is 12.4 Å². The van der Waals surface area contributed by atoms with Gasteiger partial charge in [-0.1, -0.05) is 23.8 Å². The highest BCUT2D eigenvalue weighted by atomic mass is 16.7. The molecule has 13 heteroatoms. The third-order valence-corrected chi connectivity index (χ3v) is 7.61. The molecule has 5 N–H and O–H groups in total. The second-order valence-corrected chi connectivity index (χ2v) is 11.3. The summed E-state index contributed by atoms with van der Waals surface area (Å²) in [4.78, 5) is 37.7. The van der Waals surface area contributed by atoms with Crippen LogP contribution in [0.5, 0.6) is 23.0 Å². The average Bonchev–Trinajstić information content (AvgIpc) is 3.00. The van der Waals surface area contributed by atoms with Crippen molar-refractivity contribution >= 4 is 28.7 Å². The summed E-state index contributed by atoms with van der Waals surface area (Å²) in [6.45, 7) is 6.84. The van der Waals surface area contributed by atoms with Crippen LogP contribution in [0, 0.1) is 13.8 Å². The molecular weight excluding hydrogens is 600 g/mol. The molecule has 242 valence electrons. The lowest BCUT2D eigenvalue weighted by molar-refractivity contribution is -0.304. The zero-order valence-electron chi connectivity index (χ0n) is 25.7. The number of hydrogen-bond donors (Lipinski definition) is 4. The Bertz CT molecular complexity index is 1830. The topological polar surface area (TPSA) is 189 Å². The smallest absolute Gasteiger partial charge is 0.404 e. The second kappa shape index (κ2) is 12.7. The number of nitrogens with two attached hydrogens (primary N) is 1. The first-order valence-corrected chi connectivity index (χ1v) is 14.3. The number of carbonyl (C=O) groups is 2. The summed E-state index contributed by atoms with van der Waals surface area (Å²) in [5.41, 5.74) is 4.14. The lowest BCUT2D eigenvalue weighted by atomic mass is 9.89. The van der Waals surface area contributed by atoms with Gasteiger partial charge in [0.25, 0.3) is 5.91 Å². The van der Waals surface area contributed by atoms with E-state index in [1.807, 2.05) is 19.1 Å². The quantitative estimate of drug-likeness (QED) is 0.200. The van der Waals surface area contributed by atoms with Gasteiger partial charge in [0, 0.05) is 18.2 Å². The molecule has 0 aliphatic carbocycles. The summed E-state index contributed by atoms with van der Waals surface area (Å²) in [5, 5.41) is 24.5. The summed E-state index contributed by atoms with van der Waals surface area (Å²) in [5.74, 6) is -0.0859. The van der Waals surface area contributed by atoms with Crippen molar-refractivity contribution in [3.63, 3.8) is 0 Å². The van der Waals surface area contributed by atoms with Gasteiger partial charge in [0.05, 0.1) is 11.0 Å². The van der Waals surface area contributed by atoms with Crippen molar-refractivity contribution in [1.82, 2.24) is 0 Å². The Morgan fingerprint density at radius 3 is 2.41 bits per heavy atom. The molecule has 0 bridgehead atoms. The molecule has 13 nitrogen and oxygen atoms in total. The Labute approximate surface area is 263 Å². The van der Waals surface area contributed by atoms with E-state index in [1.165, 1.54) is 31.4 Å². The molecule has 46 heavy (non-hydrogen) atoms. The number of aromatic hydroxyl groups is 1. The highest BCUT2D eigenvalue weighted by molar-refractivity contribution is 6.06. The first-order valence-electron chi connectivity index (χ1n) is 14.3. The number of amides is 2. The molecule has 0 unspecified atom stereocenters. The summed E-state index contributed by atoms with van der Waals surface area (Å²) in [6.07, 6.45) is -6.09. The van der Waals surface area contributed by atoms with Crippen molar-refractivity contribution in [1.29, 1.82) is 0 Å². The first-order chi connectivity index (χ1) is 21.8. The van der Waals surface area contributed by atoms with E-state index in [2.05, 4.69) is 5.32 Å². The second-order valence-electron chi connectivity index (χ2n) is 11.3. The van der Waals surface area contributed by atoms with E-state index in [1.54, 1.807) is 45.0 Å². The van der Waals surface area contributed by atoms with Crippen molar-refractivity contribution in [3.8, 4) is 23.0 Å². The Kier molecular flexibility index (Phi) is 8.92. The van der Waals surface area contributed by atoms with E-state index in [4.69, 9.17) is 33.8 Å². The molecule has 4 atom stereocenters. The maximum absolute atomic E-state index is 13.1. The van der Waals surface area contributed by atoms with Gasteiger partial charge in [-0.25, -0.2) is 9.59 Å². The highest BCUT2D eigenvalue weighted by Crippen LogP contribution is 2.38. The maximum Gasteiger partial charge on any atom is 0.404 e. The number of benzene rings is 3. The van der Waals surface area contributed by atoms with Crippen LogP contribution >= 0.6 is 0 Å². The number of ether oxygens (including phenoxy) is 5. The van der Waals surface area contributed by atoms with Gasteiger partial charge in [0.1, 0.15) is 28.9 Å². The van der Waals surface area contributed by atoms with Gasteiger partial charge < -0.3 is 49.4 Å². The van der Waals surface area contributed by atoms with E-state index in [9.17, 15) is 24.6 Å². The summed E-state index contributed by atoms with van der Waals surface area (Å²) in [7, 11) is 1.37. The lowest BCUT2D eigenvalue weighted by Gasteiger charge is -2.47. The molecule has 3 aromatic carbocycles. The zero-order valence-corrected chi connectivity index (χ0v) is 25.7. The minimum atomic E-state index is -1.51. The average molecular weight is 635 g/mol.